The predicted octanol–water partition coefficient (Wildman–Crippen LogP) is 3.37. The first-order valence-corrected chi connectivity index (χ1v) is 9.13. The number of hydrogen-bond donors (Lipinski definition) is 2. The lowest BCUT2D eigenvalue weighted by Crippen LogP contribution is -2.57. The van der Waals surface area contributed by atoms with Gasteiger partial charge in [-0.05, 0) is 56.6 Å². The fraction of sp³-hybridized carbons (Fsp3) is 0.632. The fourth-order valence-electron chi connectivity index (χ4n) is 4.63. The lowest BCUT2D eigenvalue weighted by molar-refractivity contribution is 0.0648. The molecule has 1 aromatic carbocycles. The molecule has 2 bridgehead atoms. The number of amides is 2. The molecule has 2 aliphatic carbocycles. The Labute approximate surface area is 143 Å². The second-order valence-electron chi connectivity index (χ2n) is 7.65. The van der Waals surface area contributed by atoms with Crippen LogP contribution in [0.15, 0.2) is 24.3 Å². The van der Waals surface area contributed by atoms with Crippen molar-refractivity contribution < 1.29 is 9.53 Å². The molecule has 0 radical (unpaired) electrons. The van der Waals surface area contributed by atoms with Crippen LogP contribution in [0, 0.1) is 5.92 Å². The van der Waals surface area contributed by atoms with Gasteiger partial charge in [0.2, 0.25) is 0 Å². The Morgan fingerprint density at radius 1 is 1.33 bits per heavy atom. The Kier molecular flexibility index (Phi) is 4.12. The van der Waals surface area contributed by atoms with E-state index in [0.717, 1.165) is 43.1 Å². The maximum Gasteiger partial charge on any atom is 0.319 e. The average Bonchev–Trinajstić information content (AvgIpc) is 3.16. The van der Waals surface area contributed by atoms with Crippen LogP contribution in [-0.2, 0) is 4.74 Å². The van der Waals surface area contributed by atoms with E-state index in [1.54, 1.807) is 7.11 Å². The van der Waals surface area contributed by atoms with Gasteiger partial charge in [0.1, 0.15) is 0 Å². The number of nitrogens with one attached hydrogen (secondary N) is 2. The summed E-state index contributed by atoms with van der Waals surface area (Å²) in [5.74, 6) is 0.830. The first-order valence-electron chi connectivity index (χ1n) is 9.13. The van der Waals surface area contributed by atoms with Crippen molar-refractivity contribution in [3.63, 3.8) is 0 Å². The van der Waals surface area contributed by atoms with Crippen LogP contribution >= 0.6 is 0 Å². The second kappa shape index (κ2) is 6.28. The minimum Gasteiger partial charge on any atom is -0.382 e. The van der Waals surface area contributed by atoms with Crippen molar-refractivity contribution in [2.24, 2.45) is 5.92 Å². The third-order valence-electron chi connectivity index (χ3n) is 5.98. The molecule has 0 spiro atoms. The third kappa shape index (κ3) is 2.86. The smallest absolute Gasteiger partial charge is 0.319 e. The van der Waals surface area contributed by atoms with E-state index in [4.69, 9.17) is 4.74 Å². The number of carbonyl (C=O) groups is 1. The maximum absolute atomic E-state index is 12.5. The highest BCUT2D eigenvalue weighted by atomic mass is 16.5. The number of methoxy groups -OCH3 is 1. The highest BCUT2D eigenvalue weighted by molar-refractivity contribution is 5.93. The number of urea groups is 1. The molecule has 4 rings (SSSR count). The lowest BCUT2D eigenvalue weighted by atomic mass is 9.77. The van der Waals surface area contributed by atoms with Crippen molar-refractivity contribution in [3.8, 4) is 0 Å². The van der Waals surface area contributed by atoms with E-state index in [1.165, 1.54) is 19.3 Å². The number of ether oxygens (including phenoxy) is 1. The molecule has 130 valence electrons. The molecule has 5 nitrogen and oxygen atoms in total. The molecule has 24 heavy (non-hydrogen) atoms. The van der Waals surface area contributed by atoms with Gasteiger partial charge >= 0.3 is 6.03 Å². The number of nitrogens with zero attached hydrogens (tertiary/aromatic N) is 1. The van der Waals surface area contributed by atoms with Crippen LogP contribution in [-0.4, -0.2) is 37.9 Å². The molecule has 2 saturated carbocycles. The summed E-state index contributed by atoms with van der Waals surface area (Å²) < 4.78 is 5.29. The number of piperidine rings is 1. The largest absolute Gasteiger partial charge is 0.382 e. The molecule has 2 amide bonds. The fourth-order valence-corrected chi connectivity index (χ4v) is 4.63. The van der Waals surface area contributed by atoms with Crippen molar-refractivity contribution in [2.45, 2.75) is 50.1 Å². The van der Waals surface area contributed by atoms with Crippen molar-refractivity contribution in [1.82, 2.24) is 5.32 Å². The summed E-state index contributed by atoms with van der Waals surface area (Å²) in [5, 5.41) is 6.22. The summed E-state index contributed by atoms with van der Waals surface area (Å²) in [5.41, 5.74) is 1.89. The summed E-state index contributed by atoms with van der Waals surface area (Å²) in [6.07, 6.45) is 7.07. The Balaban J connectivity index is 1.46. The molecule has 1 saturated heterocycles. The summed E-state index contributed by atoms with van der Waals surface area (Å²) in [7, 11) is 1.69. The SMILES string of the molecule is COCC1(NC(=O)Nc2ccccc2N2C[C@H]3CC[C@H]2C3)CCC1. The minimum absolute atomic E-state index is 0.122. The highest BCUT2D eigenvalue weighted by Gasteiger charge is 2.40. The maximum atomic E-state index is 12.5. The Hall–Kier alpha value is -1.75. The molecule has 1 aliphatic heterocycles. The van der Waals surface area contributed by atoms with E-state index >= 15 is 0 Å². The van der Waals surface area contributed by atoms with Gasteiger partial charge in [0, 0.05) is 19.7 Å². The van der Waals surface area contributed by atoms with E-state index in [0.29, 0.717) is 12.6 Å². The second-order valence-corrected chi connectivity index (χ2v) is 7.65. The Morgan fingerprint density at radius 2 is 2.17 bits per heavy atom. The van der Waals surface area contributed by atoms with Gasteiger partial charge in [-0.25, -0.2) is 4.79 Å². The third-order valence-corrected chi connectivity index (χ3v) is 5.98. The molecule has 1 heterocycles. The number of fused-ring (bicyclic) bond motifs is 2. The van der Waals surface area contributed by atoms with Crippen LogP contribution in [0.3, 0.4) is 0 Å². The monoisotopic (exact) mass is 329 g/mol. The van der Waals surface area contributed by atoms with Gasteiger partial charge in [0.15, 0.2) is 0 Å². The summed E-state index contributed by atoms with van der Waals surface area (Å²) in [6, 6.07) is 8.70. The number of benzene rings is 1. The molecule has 3 fully saturated rings. The first-order chi connectivity index (χ1) is 11.7. The van der Waals surface area contributed by atoms with E-state index in [1.807, 2.05) is 12.1 Å². The van der Waals surface area contributed by atoms with Crippen LogP contribution in [0.5, 0.6) is 0 Å². The normalized spacial score (nSPS) is 27.0. The van der Waals surface area contributed by atoms with E-state index in [-0.39, 0.29) is 11.6 Å². The van der Waals surface area contributed by atoms with Gasteiger partial charge in [0.05, 0.1) is 23.5 Å². The van der Waals surface area contributed by atoms with Crippen molar-refractivity contribution in [1.29, 1.82) is 0 Å². The van der Waals surface area contributed by atoms with Crippen molar-refractivity contribution in [2.75, 3.05) is 30.5 Å². The lowest BCUT2D eigenvalue weighted by Gasteiger charge is -2.41. The van der Waals surface area contributed by atoms with Crippen LogP contribution in [0.1, 0.15) is 38.5 Å². The van der Waals surface area contributed by atoms with Crippen LogP contribution in [0.4, 0.5) is 16.2 Å². The number of carbonyl (C=O) groups excluding carboxylic acids is 1. The molecule has 1 aromatic rings. The summed E-state index contributed by atoms with van der Waals surface area (Å²) in [6.45, 7) is 1.70. The van der Waals surface area contributed by atoms with Gasteiger partial charge in [-0.2, -0.15) is 0 Å². The van der Waals surface area contributed by atoms with Crippen molar-refractivity contribution >= 4 is 17.4 Å². The standard InChI is InChI=1S/C19H27N3O2/c1-24-13-19(9-4-10-19)21-18(23)20-16-5-2-3-6-17(16)22-12-14-7-8-15(22)11-14/h2-3,5-6,14-15H,4,7-13H2,1H3,(H2,20,21,23)/t14-,15-/m0/s1. The summed E-state index contributed by atoms with van der Waals surface area (Å²) in [4.78, 5) is 15.0. The topological polar surface area (TPSA) is 53.6 Å². The Bertz CT molecular complexity index is 614. The number of para-hydroxylation sites is 2. The quantitative estimate of drug-likeness (QED) is 0.871. The average molecular weight is 329 g/mol. The van der Waals surface area contributed by atoms with Gasteiger partial charge in [0.25, 0.3) is 0 Å². The van der Waals surface area contributed by atoms with E-state index < -0.39 is 0 Å². The molecular weight excluding hydrogens is 302 g/mol. The number of rotatable bonds is 5. The Morgan fingerprint density at radius 3 is 2.79 bits per heavy atom. The zero-order valence-electron chi connectivity index (χ0n) is 14.4. The number of hydrogen-bond acceptors (Lipinski definition) is 3. The van der Waals surface area contributed by atoms with Gasteiger partial charge in [-0.1, -0.05) is 12.1 Å². The molecule has 2 atom stereocenters. The van der Waals surface area contributed by atoms with Gasteiger partial charge in [-0.15, -0.1) is 0 Å². The van der Waals surface area contributed by atoms with Gasteiger partial charge < -0.3 is 20.3 Å². The van der Waals surface area contributed by atoms with Crippen LogP contribution in [0.2, 0.25) is 0 Å². The van der Waals surface area contributed by atoms with E-state index in [9.17, 15) is 4.79 Å². The molecule has 0 unspecified atom stereocenters. The van der Waals surface area contributed by atoms with Gasteiger partial charge in [-0.3, -0.25) is 0 Å². The number of anilines is 2. The molecular formula is C19H27N3O2. The molecule has 5 heteroatoms. The van der Waals surface area contributed by atoms with Crippen LogP contribution in [0.25, 0.3) is 0 Å². The molecule has 2 N–H and O–H groups in total. The van der Waals surface area contributed by atoms with E-state index in [2.05, 4.69) is 27.7 Å². The van der Waals surface area contributed by atoms with Crippen LogP contribution < -0.4 is 15.5 Å². The van der Waals surface area contributed by atoms with Crippen molar-refractivity contribution in [3.05, 3.63) is 24.3 Å². The minimum atomic E-state index is -0.180. The molecule has 0 aromatic heterocycles. The summed E-state index contributed by atoms with van der Waals surface area (Å²) >= 11 is 0. The highest BCUT2D eigenvalue weighted by Crippen LogP contribution is 2.42. The molecule has 3 aliphatic rings. The first kappa shape index (κ1) is 15.8. The predicted molar refractivity (Wildman–Crippen MR) is 95.5 cm³/mol. The zero-order valence-corrected chi connectivity index (χ0v) is 14.4. The zero-order chi connectivity index (χ0) is 16.6.